The molecule has 3 heteroatoms. The summed E-state index contributed by atoms with van der Waals surface area (Å²) in [5.41, 5.74) is 5.35. The quantitative estimate of drug-likeness (QED) is 0.267. The number of fused-ring (bicyclic) bond motifs is 6. The number of rotatable bonds is 1. The third-order valence-corrected chi connectivity index (χ3v) is 5.72. The second kappa shape index (κ2) is 5.46. The van der Waals surface area contributed by atoms with Gasteiger partial charge < -0.3 is 4.42 Å². The van der Waals surface area contributed by atoms with Crippen molar-refractivity contribution in [1.82, 2.24) is 4.40 Å². The minimum atomic E-state index is 0.858. The monoisotopic (exact) mass is 363 g/mol. The van der Waals surface area contributed by atoms with E-state index in [1.165, 1.54) is 32.7 Å². The molecule has 3 nitrogen and oxygen atoms in total. The Bertz CT molecular complexity index is 1530. The van der Waals surface area contributed by atoms with Crippen molar-refractivity contribution in [3.63, 3.8) is 0 Å². The van der Waals surface area contributed by atoms with Gasteiger partial charge in [-0.15, -0.1) is 0 Å². The summed E-state index contributed by atoms with van der Waals surface area (Å²) in [5, 5.41) is 4.93. The van der Waals surface area contributed by atoms with Gasteiger partial charge in [-0.3, -0.25) is 0 Å². The summed E-state index contributed by atoms with van der Waals surface area (Å²) < 4.78 is 10.6. The van der Waals surface area contributed by atoms with Gasteiger partial charge >= 0.3 is 5.71 Å². The molecular formula is C25H19N2O+. The van der Waals surface area contributed by atoms with E-state index in [-0.39, 0.29) is 0 Å². The maximum absolute atomic E-state index is 6.24. The van der Waals surface area contributed by atoms with Crippen LogP contribution in [-0.2, 0) is 7.05 Å². The van der Waals surface area contributed by atoms with E-state index in [0.717, 1.165) is 22.6 Å². The highest BCUT2D eigenvalue weighted by molar-refractivity contribution is 6.10. The van der Waals surface area contributed by atoms with E-state index in [2.05, 4.69) is 102 Å². The maximum atomic E-state index is 6.24. The summed E-state index contributed by atoms with van der Waals surface area (Å²) in [6.07, 6.45) is 2.06. The van der Waals surface area contributed by atoms with E-state index in [9.17, 15) is 0 Å². The Morgan fingerprint density at radius 1 is 0.821 bits per heavy atom. The fraction of sp³-hybridized carbons (Fsp3) is 0.0800. The van der Waals surface area contributed by atoms with Crippen LogP contribution in [0.1, 0.15) is 5.56 Å². The average Bonchev–Trinajstić information content (AvgIpc) is 3.21. The molecule has 0 aliphatic rings. The summed E-state index contributed by atoms with van der Waals surface area (Å²) in [6.45, 7) is 2.16. The molecule has 0 saturated carbocycles. The number of aryl methyl sites for hydroxylation is 2. The number of oxazole rings is 1. The Balaban J connectivity index is 1.83. The minimum Gasteiger partial charge on any atom is -0.416 e. The zero-order valence-electron chi connectivity index (χ0n) is 15.8. The van der Waals surface area contributed by atoms with E-state index in [0.29, 0.717) is 0 Å². The first-order valence-corrected chi connectivity index (χ1v) is 9.52. The van der Waals surface area contributed by atoms with Crippen molar-refractivity contribution in [2.75, 3.05) is 0 Å². The van der Waals surface area contributed by atoms with E-state index in [4.69, 9.17) is 4.42 Å². The fourth-order valence-corrected chi connectivity index (χ4v) is 4.37. The molecule has 0 amide bonds. The van der Waals surface area contributed by atoms with E-state index >= 15 is 0 Å². The highest BCUT2D eigenvalue weighted by Crippen LogP contribution is 2.34. The van der Waals surface area contributed by atoms with Crippen LogP contribution in [0.15, 0.2) is 83.4 Å². The molecule has 0 N–H and O–H groups in total. The molecular weight excluding hydrogens is 344 g/mol. The smallest absolute Gasteiger partial charge is 0.336 e. The van der Waals surface area contributed by atoms with Crippen LogP contribution >= 0.6 is 0 Å². The van der Waals surface area contributed by atoms with Crippen molar-refractivity contribution in [3.05, 3.63) is 84.6 Å². The van der Waals surface area contributed by atoms with Gasteiger partial charge in [-0.1, -0.05) is 48.5 Å². The Morgan fingerprint density at radius 3 is 2.39 bits per heavy atom. The van der Waals surface area contributed by atoms with Gasteiger partial charge in [0.25, 0.3) is 5.82 Å². The Kier molecular flexibility index (Phi) is 3.01. The number of hydrogen-bond donors (Lipinski definition) is 0. The lowest BCUT2D eigenvalue weighted by molar-refractivity contribution is -0.658. The molecule has 0 aliphatic carbocycles. The van der Waals surface area contributed by atoms with Crippen LogP contribution in [0.3, 0.4) is 0 Å². The average molecular weight is 363 g/mol. The van der Waals surface area contributed by atoms with E-state index in [1.807, 2.05) is 0 Å². The molecule has 4 aromatic carbocycles. The van der Waals surface area contributed by atoms with E-state index < -0.39 is 0 Å². The van der Waals surface area contributed by atoms with Gasteiger partial charge in [0.15, 0.2) is 17.3 Å². The van der Waals surface area contributed by atoms with Crippen molar-refractivity contribution >= 4 is 38.4 Å². The zero-order valence-corrected chi connectivity index (χ0v) is 15.8. The number of hydrogen-bond acceptors (Lipinski definition) is 1. The molecule has 2 heterocycles. The fourth-order valence-electron chi connectivity index (χ4n) is 4.37. The molecule has 0 saturated heterocycles. The van der Waals surface area contributed by atoms with Crippen molar-refractivity contribution in [2.45, 2.75) is 6.92 Å². The number of nitrogens with zero attached hydrogens (tertiary/aromatic N) is 2. The highest BCUT2D eigenvalue weighted by Gasteiger charge is 2.26. The van der Waals surface area contributed by atoms with Gasteiger partial charge in [-0.2, -0.15) is 4.40 Å². The van der Waals surface area contributed by atoms with Gasteiger partial charge in [0.1, 0.15) is 0 Å². The molecule has 2 aromatic heterocycles. The summed E-state index contributed by atoms with van der Waals surface area (Å²) in [6, 6.07) is 25.8. The first-order valence-electron chi connectivity index (χ1n) is 9.52. The van der Waals surface area contributed by atoms with Gasteiger partial charge in [-0.25, -0.2) is 4.57 Å². The third kappa shape index (κ3) is 2.01. The summed E-state index contributed by atoms with van der Waals surface area (Å²) in [4.78, 5) is 0. The van der Waals surface area contributed by atoms with Crippen LogP contribution in [0.5, 0.6) is 0 Å². The number of imidazole rings is 1. The van der Waals surface area contributed by atoms with Crippen LogP contribution in [-0.4, -0.2) is 4.40 Å². The predicted molar refractivity (Wildman–Crippen MR) is 114 cm³/mol. The van der Waals surface area contributed by atoms with Crippen LogP contribution in [0.2, 0.25) is 0 Å². The highest BCUT2D eigenvalue weighted by atomic mass is 16.3. The maximum Gasteiger partial charge on any atom is 0.336 e. The first-order chi connectivity index (χ1) is 13.7. The Labute approximate surface area is 162 Å². The summed E-state index contributed by atoms with van der Waals surface area (Å²) >= 11 is 0. The van der Waals surface area contributed by atoms with Crippen LogP contribution < -0.4 is 4.57 Å². The van der Waals surface area contributed by atoms with E-state index in [1.54, 1.807) is 0 Å². The summed E-state index contributed by atoms with van der Waals surface area (Å²) in [7, 11) is 2.08. The SMILES string of the molecule is Cc1ccccc1-c1n2c(c[n+]1C)oc1ccc3cc4ccccc4cc3c12. The normalized spacial score (nSPS) is 11.9. The standard InChI is InChI=1S/C25H19N2O/c1-16-7-3-6-10-20(16)25-26(2)15-23-27(25)24-21-14-18-9-5-4-8-17(18)13-19(21)11-12-22(24)28-23/h3-15H,1-2H3/q+1. The number of benzene rings is 4. The molecule has 6 rings (SSSR count). The van der Waals surface area contributed by atoms with Gasteiger partial charge in [0.05, 0.1) is 12.6 Å². The molecule has 0 aliphatic heterocycles. The number of aromatic nitrogens is 2. The Morgan fingerprint density at radius 2 is 1.57 bits per heavy atom. The molecule has 134 valence electrons. The zero-order chi connectivity index (χ0) is 18.8. The van der Waals surface area contributed by atoms with Gasteiger partial charge in [-0.05, 0) is 52.9 Å². The van der Waals surface area contributed by atoms with Crippen LogP contribution in [0, 0.1) is 6.92 Å². The lowest BCUT2D eigenvalue weighted by Crippen LogP contribution is -2.28. The molecule has 6 aromatic rings. The molecule has 0 fully saturated rings. The topological polar surface area (TPSA) is 21.4 Å². The molecule has 28 heavy (non-hydrogen) atoms. The minimum absolute atomic E-state index is 0.858. The van der Waals surface area contributed by atoms with Crippen LogP contribution in [0.25, 0.3) is 49.7 Å². The van der Waals surface area contributed by atoms with Crippen molar-refractivity contribution in [3.8, 4) is 11.4 Å². The molecule has 0 atom stereocenters. The summed E-state index contributed by atoms with van der Waals surface area (Å²) in [5.74, 6) is 1.13. The second-order valence-corrected chi connectivity index (χ2v) is 7.49. The predicted octanol–water partition coefficient (Wildman–Crippen LogP) is 5.79. The molecule has 0 spiro atoms. The first kappa shape index (κ1) is 15.5. The van der Waals surface area contributed by atoms with Crippen molar-refractivity contribution in [2.24, 2.45) is 7.05 Å². The molecule has 0 bridgehead atoms. The largest absolute Gasteiger partial charge is 0.416 e. The van der Waals surface area contributed by atoms with Gasteiger partial charge in [0, 0.05) is 5.39 Å². The second-order valence-electron chi connectivity index (χ2n) is 7.49. The Hall–Kier alpha value is -3.59. The van der Waals surface area contributed by atoms with Crippen molar-refractivity contribution in [1.29, 1.82) is 0 Å². The van der Waals surface area contributed by atoms with Gasteiger partial charge in [0.2, 0.25) is 0 Å². The molecule has 0 unspecified atom stereocenters. The van der Waals surface area contributed by atoms with Crippen LogP contribution in [0.4, 0.5) is 0 Å². The third-order valence-electron chi connectivity index (χ3n) is 5.72. The lowest BCUT2D eigenvalue weighted by atomic mass is 10.0. The van der Waals surface area contributed by atoms with Crippen molar-refractivity contribution < 1.29 is 8.98 Å². The molecule has 0 radical (unpaired) electrons. The lowest BCUT2D eigenvalue weighted by Gasteiger charge is -2.04.